The molecule has 132 valence electrons. The van der Waals surface area contributed by atoms with Crippen LogP contribution < -0.4 is 14.8 Å². The number of aromatic nitrogens is 3. The van der Waals surface area contributed by atoms with E-state index in [9.17, 15) is 4.79 Å². The van der Waals surface area contributed by atoms with Crippen molar-refractivity contribution in [2.45, 2.75) is 13.8 Å². The third kappa shape index (κ3) is 3.29. The predicted octanol–water partition coefficient (Wildman–Crippen LogP) is 3.19. The molecule has 0 unspecified atom stereocenters. The molecule has 2 aromatic heterocycles. The molecule has 1 N–H and O–H groups in total. The largest absolute Gasteiger partial charge is 0.454 e. The highest BCUT2D eigenvalue weighted by atomic mass is 32.1. The van der Waals surface area contributed by atoms with Gasteiger partial charge in [0.2, 0.25) is 6.79 Å². The topological polar surface area (TPSA) is 99.4 Å². The fourth-order valence-corrected chi connectivity index (χ4v) is 3.27. The number of ether oxygens (including phenoxy) is 2. The van der Waals surface area contributed by atoms with E-state index >= 15 is 0 Å². The zero-order chi connectivity index (χ0) is 18.1. The number of carbonyl (C=O) groups excluding carboxylic acids is 1. The van der Waals surface area contributed by atoms with Gasteiger partial charge in [-0.3, -0.25) is 10.1 Å². The van der Waals surface area contributed by atoms with Crippen molar-refractivity contribution < 1.29 is 18.7 Å². The van der Waals surface area contributed by atoms with Gasteiger partial charge in [0.1, 0.15) is 4.88 Å². The van der Waals surface area contributed by atoms with Crippen LogP contribution in [-0.4, -0.2) is 27.9 Å². The van der Waals surface area contributed by atoms with Crippen molar-refractivity contribution in [1.29, 1.82) is 0 Å². The van der Waals surface area contributed by atoms with Crippen LogP contribution in [0.5, 0.6) is 11.5 Å². The molecule has 0 saturated carbocycles. The number of carbonyl (C=O) groups is 1. The van der Waals surface area contributed by atoms with Gasteiger partial charge in [-0.15, -0.1) is 16.4 Å². The van der Waals surface area contributed by atoms with Crippen molar-refractivity contribution in [3.8, 4) is 22.3 Å². The van der Waals surface area contributed by atoms with Crippen LogP contribution in [0.1, 0.15) is 16.3 Å². The quantitative estimate of drug-likeness (QED) is 0.704. The number of nitrogens with zero attached hydrogens (tertiary/aromatic N) is 3. The Morgan fingerprint density at radius 3 is 2.88 bits per heavy atom. The summed E-state index contributed by atoms with van der Waals surface area (Å²) in [6.07, 6.45) is 3.04. The third-order valence-electron chi connectivity index (χ3n) is 3.58. The molecule has 3 aromatic rings. The number of thiazole rings is 1. The minimum atomic E-state index is -0.380. The average molecular weight is 370 g/mol. The SMILES string of the molecule is Cc1nc(C)c(-c2nnc(NC(=O)C=Cc3ccc4c(c3)OCO4)o2)s1. The number of fused-ring (bicyclic) bond motifs is 1. The molecule has 1 aliphatic heterocycles. The van der Waals surface area contributed by atoms with Gasteiger partial charge in [0.15, 0.2) is 11.5 Å². The van der Waals surface area contributed by atoms with Crippen LogP contribution in [0.2, 0.25) is 0 Å². The predicted molar refractivity (Wildman–Crippen MR) is 95.1 cm³/mol. The lowest BCUT2D eigenvalue weighted by molar-refractivity contribution is -0.112. The fourth-order valence-electron chi connectivity index (χ4n) is 2.43. The first-order valence-corrected chi connectivity index (χ1v) is 8.57. The highest BCUT2D eigenvalue weighted by Gasteiger charge is 2.16. The van der Waals surface area contributed by atoms with Gasteiger partial charge < -0.3 is 13.9 Å². The van der Waals surface area contributed by atoms with Crippen LogP contribution in [0.4, 0.5) is 6.01 Å². The standard InChI is InChI=1S/C17H14N4O4S/c1-9-15(26-10(2)18-9)16-20-21-17(25-16)19-14(22)6-4-11-3-5-12-13(7-11)24-8-23-12/h3-7H,8H2,1-2H3,(H,19,21,22). The van der Waals surface area contributed by atoms with E-state index < -0.39 is 0 Å². The lowest BCUT2D eigenvalue weighted by Gasteiger charge is -1.98. The summed E-state index contributed by atoms with van der Waals surface area (Å²) in [5, 5.41) is 11.3. The number of rotatable bonds is 4. The van der Waals surface area contributed by atoms with Gasteiger partial charge in [-0.1, -0.05) is 11.2 Å². The summed E-state index contributed by atoms with van der Waals surface area (Å²) < 4.78 is 16.0. The zero-order valence-corrected chi connectivity index (χ0v) is 14.8. The molecule has 4 rings (SSSR count). The Morgan fingerprint density at radius 2 is 2.08 bits per heavy atom. The van der Waals surface area contributed by atoms with Crippen molar-refractivity contribution >= 4 is 29.3 Å². The van der Waals surface area contributed by atoms with E-state index in [-0.39, 0.29) is 18.7 Å². The van der Waals surface area contributed by atoms with Crippen LogP contribution in [0, 0.1) is 13.8 Å². The molecule has 0 atom stereocenters. The van der Waals surface area contributed by atoms with Gasteiger partial charge in [-0.25, -0.2) is 4.98 Å². The number of nitrogens with one attached hydrogen (secondary N) is 1. The lowest BCUT2D eigenvalue weighted by atomic mass is 10.2. The number of benzene rings is 1. The highest BCUT2D eigenvalue weighted by Crippen LogP contribution is 2.33. The molecule has 8 nitrogen and oxygen atoms in total. The molecule has 1 aromatic carbocycles. The van der Waals surface area contributed by atoms with Crippen LogP contribution >= 0.6 is 11.3 Å². The zero-order valence-electron chi connectivity index (χ0n) is 14.0. The van der Waals surface area contributed by atoms with Gasteiger partial charge in [0, 0.05) is 6.08 Å². The Kier molecular flexibility index (Phi) is 4.13. The molecule has 1 aliphatic rings. The maximum atomic E-state index is 12.0. The maximum Gasteiger partial charge on any atom is 0.322 e. The minimum absolute atomic E-state index is 0.0331. The lowest BCUT2D eigenvalue weighted by Crippen LogP contribution is -2.07. The Labute approximate surface area is 152 Å². The number of hydrogen-bond acceptors (Lipinski definition) is 8. The van der Waals surface area contributed by atoms with Crippen molar-refractivity contribution in [2.24, 2.45) is 0 Å². The summed E-state index contributed by atoms with van der Waals surface area (Å²) >= 11 is 1.46. The first-order chi connectivity index (χ1) is 12.6. The molecule has 26 heavy (non-hydrogen) atoms. The average Bonchev–Trinajstić information content (AvgIpc) is 3.32. The first kappa shape index (κ1) is 16.3. The van der Waals surface area contributed by atoms with E-state index in [1.807, 2.05) is 19.9 Å². The monoisotopic (exact) mass is 370 g/mol. The number of amides is 1. The van der Waals surface area contributed by atoms with Crippen molar-refractivity contribution in [1.82, 2.24) is 15.2 Å². The second kappa shape index (κ2) is 6.60. The van der Waals surface area contributed by atoms with Crippen LogP contribution in [0.15, 0.2) is 28.7 Å². The summed E-state index contributed by atoms with van der Waals surface area (Å²) in [5.74, 6) is 1.31. The van der Waals surface area contributed by atoms with Gasteiger partial charge in [-0.05, 0) is 37.6 Å². The van der Waals surface area contributed by atoms with Crippen LogP contribution in [0.3, 0.4) is 0 Å². The van der Waals surface area contributed by atoms with Gasteiger partial charge in [0.25, 0.3) is 11.8 Å². The number of aryl methyl sites for hydroxylation is 2. The second-order valence-corrected chi connectivity index (χ2v) is 6.70. The summed E-state index contributed by atoms with van der Waals surface area (Å²) in [6.45, 7) is 3.98. The van der Waals surface area contributed by atoms with E-state index in [0.29, 0.717) is 17.4 Å². The number of anilines is 1. The van der Waals surface area contributed by atoms with E-state index in [0.717, 1.165) is 21.1 Å². The summed E-state index contributed by atoms with van der Waals surface area (Å²) in [4.78, 5) is 17.2. The first-order valence-electron chi connectivity index (χ1n) is 7.75. The fraction of sp³-hybridized carbons (Fsp3) is 0.176. The molecule has 0 aliphatic carbocycles. The Hall–Kier alpha value is -3.20. The Bertz CT molecular complexity index is 1010. The van der Waals surface area contributed by atoms with Gasteiger partial charge >= 0.3 is 6.01 Å². The molecule has 1 amide bonds. The maximum absolute atomic E-state index is 12.0. The third-order valence-corrected chi connectivity index (χ3v) is 4.64. The minimum Gasteiger partial charge on any atom is -0.454 e. The Morgan fingerprint density at radius 1 is 1.23 bits per heavy atom. The summed E-state index contributed by atoms with van der Waals surface area (Å²) in [7, 11) is 0. The molecule has 0 fully saturated rings. The van der Waals surface area contributed by atoms with Gasteiger partial charge in [-0.2, -0.15) is 0 Å². The van der Waals surface area contributed by atoms with E-state index in [2.05, 4.69) is 20.5 Å². The molecule has 0 spiro atoms. The van der Waals surface area contributed by atoms with Crippen molar-refractivity contribution in [3.63, 3.8) is 0 Å². The summed E-state index contributed by atoms with van der Waals surface area (Å²) in [5.41, 5.74) is 1.63. The molecule has 3 heterocycles. The molecule has 0 bridgehead atoms. The molecular weight excluding hydrogens is 356 g/mol. The molecular formula is C17H14N4O4S. The smallest absolute Gasteiger partial charge is 0.322 e. The van der Waals surface area contributed by atoms with Gasteiger partial charge in [0.05, 0.1) is 10.7 Å². The van der Waals surface area contributed by atoms with E-state index in [1.165, 1.54) is 17.4 Å². The second-order valence-electron chi connectivity index (χ2n) is 5.50. The molecule has 0 radical (unpaired) electrons. The normalized spacial score (nSPS) is 12.7. The summed E-state index contributed by atoms with van der Waals surface area (Å²) in [6, 6.07) is 5.46. The highest BCUT2D eigenvalue weighted by molar-refractivity contribution is 7.15. The van der Waals surface area contributed by atoms with E-state index in [1.54, 1.807) is 18.2 Å². The van der Waals surface area contributed by atoms with Crippen LogP contribution in [-0.2, 0) is 4.79 Å². The van der Waals surface area contributed by atoms with Crippen LogP contribution in [0.25, 0.3) is 16.8 Å². The van der Waals surface area contributed by atoms with Crippen molar-refractivity contribution in [2.75, 3.05) is 12.1 Å². The van der Waals surface area contributed by atoms with E-state index in [4.69, 9.17) is 13.9 Å². The molecule has 9 heteroatoms. The molecule has 0 saturated heterocycles. The Balaban J connectivity index is 1.43. The van der Waals surface area contributed by atoms with Crippen molar-refractivity contribution in [3.05, 3.63) is 40.5 Å². The number of hydrogen-bond donors (Lipinski definition) is 1.